The maximum absolute atomic E-state index is 13.1. The molecule has 1 aliphatic rings. The van der Waals surface area contributed by atoms with Gasteiger partial charge in [-0.05, 0) is 36.5 Å². The van der Waals surface area contributed by atoms with Gasteiger partial charge < -0.3 is 20.2 Å². The molecule has 0 aromatic heterocycles. The summed E-state index contributed by atoms with van der Waals surface area (Å²) in [6.45, 7) is 5.05. The average molecular weight is 393 g/mol. The number of halogens is 1. The highest BCUT2D eigenvalue weighted by Crippen LogP contribution is 2.20. The van der Waals surface area contributed by atoms with E-state index in [9.17, 15) is 23.9 Å². The minimum atomic E-state index is -1.11. The van der Waals surface area contributed by atoms with Crippen LogP contribution in [0.1, 0.15) is 32.3 Å². The van der Waals surface area contributed by atoms with Gasteiger partial charge in [0.1, 0.15) is 12.4 Å². The first-order valence-corrected chi connectivity index (χ1v) is 9.54. The lowest BCUT2D eigenvalue weighted by atomic mass is 9.96. The van der Waals surface area contributed by atoms with Crippen molar-refractivity contribution in [2.75, 3.05) is 26.2 Å². The van der Waals surface area contributed by atoms with Crippen LogP contribution in [0.5, 0.6) is 0 Å². The Labute approximate surface area is 164 Å². The molecule has 2 N–H and O–H groups in total. The second-order valence-electron chi connectivity index (χ2n) is 7.58. The Morgan fingerprint density at radius 2 is 1.96 bits per heavy atom. The molecule has 154 valence electrons. The van der Waals surface area contributed by atoms with Gasteiger partial charge >= 0.3 is 12.0 Å². The molecule has 0 radical (unpaired) electrons. The number of carboxylic acids is 1. The highest BCUT2D eigenvalue weighted by molar-refractivity contribution is 5.84. The van der Waals surface area contributed by atoms with Gasteiger partial charge in [-0.25, -0.2) is 9.18 Å². The summed E-state index contributed by atoms with van der Waals surface area (Å²) in [6, 6.07) is 5.42. The maximum atomic E-state index is 13.1. The Morgan fingerprint density at radius 3 is 2.57 bits per heavy atom. The number of rotatable bonds is 7. The number of nitrogens with one attached hydrogen (secondary N) is 1. The van der Waals surface area contributed by atoms with Crippen molar-refractivity contribution in [3.63, 3.8) is 0 Å². The Bertz CT molecular complexity index is 693. The van der Waals surface area contributed by atoms with Gasteiger partial charge in [0.15, 0.2) is 0 Å². The van der Waals surface area contributed by atoms with Gasteiger partial charge in [-0.3, -0.25) is 9.59 Å². The van der Waals surface area contributed by atoms with Crippen molar-refractivity contribution < 1.29 is 23.9 Å². The van der Waals surface area contributed by atoms with Crippen molar-refractivity contribution in [3.8, 4) is 0 Å². The number of aliphatic carboxylic acids is 1. The van der Waals surface area contributed by atoms with Crippen LogP contribution in [0.4, 0.5) is 9.18 Å². The molecule has 0 bridgehead atoms. The Morgan fingerprint density at radius 1 is 1.29 bits per heavy atom. The maximum Gasteiger partial charge on any atom is 0.323 e. The number of benzene rings is 1. The van der Waals surface area contributed by atoms with E-state index in [1.807, 2.05) is 13.8 Å². The van der Waals surface area contributed by atoms with Gasteiger partial charge in [0, 0.05) is 26.2 Å². The molecule has 0 saturated carbocycles. The van der Waals surface area contributed by atoms with Crippen molar-refractivity contribution in [2.24, 2.45) is 11.8 Å². The fourth-order valence-electron chi connectivity index (χ4n) is 3.21. The van der Waals surface area contributed by atoms with Crippen LogP contribution in [0.25, 0.3) is 0 Å². The van der Waals surface area contributed by atoms with Crippen LogP contribution in [0, 0.1) is 17.7 Å². The van der Waals surface area contributed by atoms with Crippen molar-refractivity contribution in [1.29, 1.82) is 0 Å². The second-order valence-corrected chi connectivity index (χ2v) is 7.58. The first-order chi connectivity index (χ1) is 13.3. The Balaban J connectivity index is 2.04. The molecule has 3 amide bonds. The number of carbonyl (C=O) groups is 3. The van der Waals surface area contributed by atoms with E-state index in [4.69, 9.17) is 0 Å². The predicted molar refractivity (Wildman–Crippen MR) is 102 cm³/mol. The van der Waals surface area contributed by atoms with E-state index in [0.717, 1.165) is 0 Å². The third-order valence-electron chi connectivity index (χ3n) is 4.64. The number of likely N-dealkylation sites (tertiary alicyclic amines) is 1. The van der Waals surface area contributed by atoms with Crippen LogP contribution in [-0.2, 0) is 16.1 Å². The Kier molecular flexibility index (Phi) is 7.78. The normalized spacial score (nSPS) is 16.7. The van der Waals surface area contributed by atoms with Gasteiger partial charge in [0.25, 0.3) is 0 Å². The lowest BCUT2D eigenvalue weighted by Crippen LogP contribution is -2.50. The van der Waals surface area contributed by atoms with Crippen molar-refractivity contribution in [2.45, 2.75) is 33.2 Å². The van der Waals surface area contributed by atoms with E-state index in [0.29, 0.717) is 37.4 Å². The molecular formula is C20H28FN3O4. The first kappa shape index (κ1) is 21.7. The summed E-state index contributed by atoms with van der Waals surface area (Å²) in [5.74, 6) is -1.92. The van der Waals surface area contributed by atoms with E-state index in [-0.39, 0.29) is 25.0 Å². The van der Waals surface area contributed by atoms with Gasteiger partial charge in [0.05, 0.1) is 5.92 Å². The minimum Gasteiger partial charge on any atom is -0.480 e. The third kappa shape index (κ3) is 6.51. The van der Waals surface area contributed by atoms with Crippen molar-refractivity contribution >= 4 is 17.9 Å². The van der Waals surface area contributed by atoms with E-state index < -0.39 is 24.2 Å². The smallest absolute Gasteiger partial charge is 0.323 e. The predicted octanol–water partition coefficient (Wildman–Crippen LogP) is 2.32. The van der Waals surface area contributed by atoms with Crippen LogP contribution in [0.3, 0.4) is 0 Å². The topological polar surface area (TPSA) is 90.0 Å². The number of hydrogen-bond donors (Lipinski definition) is 2. The number of nitrogens with zero attached hydrogens (tertiary/aromatic N) is 2. The molecule has 1 aromatic carbocycles. The van der Waals surface area contributed by atoms with Gasteiger partial charge in [-0.1, -0.05) is 26.0 Å². The monoisotopic (exact) mass is 393 g/mol. The molecule has 1 heterocycles. The fourth-order valence-corrected chi connectivity index (χ4v) is 3.21. The van der Waals surface area contributed by atoms with E-state index >= 15 is 0 Å². The number of hydrogen-bond acceptors (Lipinski definition) is 3. The van der Waals surface area contributed by atoms with E-state index in [1.54, 1.807) is 4.90 Å². The molecule has 1 saturated heterocycles. The summed E-state index contributed by atoms with van der Waals surface area (Å²) in [7, 11) is 0. The molecule has 1 atom stereocenters. The Hall–Kier alpha value is -2.64. The fraction of sp³-hybridized carbons (Fsp3) is 0.550. The van der Waals surface area contributed by atoms with Crippen LogP contribution >= 0.6 is 0 Å². The van der Waals surface area contributed by atoms with E-state index in [1.165, 1.54) is 29.2 Å². The molecule has 0 spiro atoms. The standard InChI is InChI=1S/C20H28FN3O4/c1-14(2)10-22-20(28)23-9-3-4-16(12-23)19(27)24(13-18(25)26)11-15-5-7-17(21)8-6-15/h5-8,14,16H,3-4,9-13H2,1-2H3,(H,22,28)(H,25,26). The minimum absolute atomic E-state index is 0.0848. The second kappa shape index (κ2) is 10.1. The number of urea groups is 1. The first-order valence-electron chi connectivity index (χ1n) is 9.54. The summed E-state index contributed by atoms with van der Waals surface area (Å²) < 4.78 is 13.1. The van der Waals surface area contributed by atoms with Crippen LogP contribution in [0.15, 0.2) is 24.3 Å². The molecule has 1 fully saturated rings. The molecule has 28 heavy (non-hydrogen) atoms. The lowest BCUT2D eigenvalue weighted by molar-refractivity contribution is -0.147. The molecular weight excluding hydrogens is 365 g/mol. The molecule has 2 rings (SSSR count). The van der Waals surface area contributed by atoms with Crippen LogP contribution < -0.4 is 5.32 Å². The molecule has 1 aliphatic heterocycles. The van der Waals surface area contributed by atoms with Gasteiger partial charge in [-0.15, -0.1) is 0 Å². The summed E-state index contributed by atoms with van der Waals surface area (Å²) >= 11 is 0. The average Bonchev–Trinajstić information content (AvgIpc) is 2.66. The molecule has 0 aliphatic carbocycles. The molecule has 1 aromatic rings. The molecule has 8 heteroatoms. The quantitative estimate of drug-likeness (QED) is 0.744. The summed E-state index contributed by atoms with van der Waals surface area (Å²) in [5.41, 5.74) is 0.651. The zero-order valence-corrected chi connectivity index (χ0v) is 16.4. The van der Waals surface area contributed by atoms with Gasteiger partial charge in [-0.2, -0.15) is 0 Å². The number of carboxylic acid groups (broad SMARTS) is 1. The highest BCUT2D eigenvalue weighted by Gasteiger charge is 2.32. The van der Waals surface area contributed by atoms with Crippen molar-refractivity contribution in [1.82, 2.24) is 15.1 Å². The number of carbonyl (C=O) groups excluding carboxylic acids is 2. The zero-order chi connectivity index (χ0) is 20.7. The number of amides is 3. The summed E-state index contributed by atoms with van der Waals surface area (Å²) in [6.07, 6.45) is 1.29. The SMILES string of the molecule is CC(C)CNC(=O)N1CCCC(C(=O)N(CC(=O)O)Cc2ccc(F)cc2)C1. The van der Waals surface area contributed by atoms with Crippen LogP contribution in [-0.4, -0.2) is 59.0 Å². The highest BCUT2D eigenvalue weighted by atomic mass is 19.1. The zero-order valence-electron chi connectivity index (χ0n) is 16.4. The third-order valence-corrected chi connectivity index (χ3v) is 4.64. The van der Waals surface area contributed by atoms with Crippen molar-refractivity contribution in [3.05, 3.63) is 35.6 Å². The largest absolute Gasteiger partial charge is 0.480 e. The molecule has 1 unspecified atom stereocenters. The van der Waals surface area contributed by atoms with Crippen LogP contribution in [0.2, 0.25) is 0 Å². The summed E-state index contributed by atoms with van der Waals surface area (Å²) in [5, 5.41) is 12.0. The van der Waals surface area contributed by atoms with Gasteiger partial charge in [0.2, 0.25) is 5.91 Å². The molecule has 7 nitrogen and oxygen atoms in total. The lowest BCUT2D eigenvalue weighted by Gasteiger charge is -2.34. The summed E-state index contributed by atoms with van der Waals surface area (Å²) in [4.78, 5) is 39.4. The number of piperidine rings is 1. The van der Waals surface area contributed by atoms with E-state index in [2.05, 4.69) is 5.32 Å².